The van der Waals surface area contributed by atoms with Gasteiger partial charge in [-0.15, -0.1) is 0 Å². The summed E-state index contributed by atoms with van der Waals surface area (Å²) in [5.41, 5.74) is 2.65. The van der Waals surface area contributed by atoms with Crippen molar-refractivity contribution in [3.63, 3.8) is 0 Å². The fraction of sp³-hybridized carbons (Fsp3) is 0.333. The number of carbonyl (C=O) groups excluding carboxylic acids is 1. The number of anilines is 1. The third-order valence-electron chi connectivity index (χ3n) is 4.29. The summed E-state index contributed by atoms with van der Waals surface area (Å²) in [7, 11) is 0. The van der Waals surface area contributed by atoms with Gasteiger partial charge in [-0.05, 0) is 38.3 Å². The summed E-state index contributed by atoms with van der Waals surface area (Å²) in [6.45, 7) is 3.47. The smallest absolute Gasteiger partial charge is 0.261 e. The molecular formula is C18H18N4O3. The summed E-state index contributed by atoms with van der Waals surface area (Å²) in [4.78, 5) is 17.0. The Morgan fingerprint density at radius 3 is 2.72 bits per heavy atom. The Hall–Kier alpha value is -2.96. The molecule has 1 aromatic carbocycles. The number of amides is 1. The van der Waals surface area contributed by atoms with Crippen molar-refractivity contribution in [1.29, 1.82) is 0 Å². The van der Waals surface area contributed by atoms with Crippen molar-refractivity contribution in [3.05, 3.63) is 58.6 Å². The minimum atomic E-state index is -0.243. The normalized spacial score (nSPS) is 13.8. The third-order valence-corrected chi connectivity index (χ3v) is 4.29. The van der Waals surface area contributed by atoms with E-state index < -0.39 is 0 Å². The molecule has 1 saturated carbocycles. The van der Waals surface area contributed by atoms with Gasteiger partial charge in [0.2, 0.25) is 5.89 Å². The number of carbonyl (C=O) groups is 1. The lowest BCUT2D eigenvalue weighted by Gasteiger charge is -2.09. The topological polar surface area (TPSA) is 94.1 Å². The first kappa shape index (κ1) is 15.6. The number of nitrogens with zero attached hydrogens (tertiary/aromatic N) is 3. The molecule has 0 spiro atoms. The van der Waals surface area contributed by atoms with Gasteiger partial charge in [0.1, 0.15) is 11.3 Å². The predicted octanol–water partition coefficient (Wildman–Crippen LogP) is 3.39. The Morgan fingerprint density at radius 2 is 2.00 bits per heavy atom. The second-order valence-electron chi connectivity index (χ2n) is 6.31. The summed E-state index contributed by atoms with van der Waals surface area (Å²) in [6.07, 6.45) is 2.73. The van der Waals surface area contributed by atoms with Crippen LogP contribution >= 0.6 is 0 Å². The molecule has 1 fully saturated rings. The van der Waals surface area contributed by atoms with Crippen molar-refractivity contribution < 1.29 is 13.8 Å². The summed E-state index contributed by atoms with van der Waals surface area (Å²) in [5.74, 6) is 2.05. The standard InChI is InChI=1S/C18H18N4O3/c1-10-16(11(2)24-21-10)18(23)19-14-6-4-3-5-13(14)9-15-20-17(22-25-15)12-7-8-12/h3-6,12H,7-9H2,1-2H3,(H,19,23). The highest BCUT2D eigenvalue weighted by Crippen LogP contribution is 2.38. The van der Waals surface area contributed by atoms with Crippen LogP contribution < -0.4 is 5.32 Å². The van der Waals surface area contributed by atoms with Crippen LogP contribution in [0, 0.1) is 13.8 Å². The third kappa shape index (κ3) is 3.17. The molecule has 1 N–H and O–H groups in total. The van der Waals surface area contributed by atoms with E-state index in [-0.39, 0.29) is 5.91 Å². The van der Waals surface area contributed by atoms with Crippen LogP contribution in [0.3, 0.4) is 0 Å². The molecule has 1 aliphatic carbocycles. The monoisotopic (exact) mass is 338 g/mol. The first-order valence-electron chi connectivity index (χ1n) is 8.26. The first-order chi connectivity index (χ1) is 12.1. The van der Waals surface area contributed by atoms with Gasteiger partial charge < -0.3 is 14.4 Å². The zero-order valence-corrected chi connectivity index (χ0v) is 14.1. The first-order valence-corrected chi connectivity index (χ1v) is 8.26. The van der Waals surface area contributed by atoms with E-state index in [0.29, 0.717) is 40.9 Å². The molecule has 128 valence electrons. The molecule has 7 nitrogen and oxygen atoms in total. The summed E-state index contributed by atoms with van der Waals surface area (Å²) >= 11 is 0. The van der Waals surface area contributed by atoms with E-state index in [4.69, 9.17) is 9.05 Å². The maximum atomic E-state index is 12.6. The highest BCUT2D eigenvalue weighted by molar-refractivity contribution is 6.06. The molecule has 1 amide bonds. The van der Waals surface area contributed by atoms with Crippen molar-refractivity contribution in [3.8, 4) is 0 Å². The van der Waals surface area contributed by atoms with Crippen LogP contribution in [0.4, 0.5) is 5.69 Å². The Bertz CT molecular complexity index is 905. The van der Waals surface area contributed by atoms with Gasteiger partial charge in [-0.2, -0.15) is 4.98 Å². The Kier molecular flexibility index (Phi) is 3.83. The molecule has 1 aliphatic rings. The van der Waals surface area contributed by atoms with Gasteiger partial charge in [-0.25, -0.2) is 0 Å². The lowest BCUT2D eigenvalue weighted by Crippen LogP contribution is -2.15. The highest BCUT2D eigenvalue weighted by atomic mass is 16.5. The molecule has 0 radical (unpaired) electrons. The number of aromatic nitrogens is 3. The molecule has 2 heterocycles. The number of para-hydroxylation sites is 1. The number of hydrogen-bond acceptors (Lipinski definition) is 6. The van der Waals surface area contributed by atoms with Crippen molar-refractivity contribution in [2.45, 2.75) is 39.0 Å². The number of aryl methyl sites for hydroxylation is 2. The van der Waals surface area contributed by atoms with E-state index in [2.05, 4.69) is 20.6 Å². The average molecular weight is 338 g/mol. The quantitative estimate of drug-likeness (QED) is 0.766. The van der Waals surface area contributed by atoms with Gasteiger partial charge in [0.15, 0.2) is 5.82 Å². The summed E-state index contributed by atoms with van der Waals surface area (Å²) in [5, 5.41) is 10.8. The molecule has 2 aromatic heterocycles. The highest BCUT2D eigenvalue weighted by Gasteiger charge is 2.29. The van der Waals surface area contributed by atoms with Crippen LogP contribution in [0.2, 0.25) is 0 Å². The van der Waals surface area contributed by atoms with E-state index >= 15 is 0 Å². The van der Waals surface area contributed by atoms with E-state index in [1.807, 2.05) is 24.3 Å². The Labute approximate surface area is 144 Å². The second-order valence-corrected chi connectivity index (χ2v) is 6.31. The van der Waals surface area contributed by atoms with E-state index in [1.165, 1.54) is 0 Å². The van der Waals surface area contributed by atoms with Gasteiger partial charge in [-0.1, -0.05) is 28.5 Å². The molecule has 4 rings (SSSR count). The lowest BCUT2D eigenvalue weighted by molar-refractivity contribution is 0.102. The van der Waals surface area contributed by atoms with Gasteiger partial charge in [0, 0.05) is 11.6 Å². The van der Waals surface area contributed by atoms with Crippen LogP contribution in [-0.4, -0.2) is 21.2 Å². The fourth-order valence-electron chi connectivity index (χ4n) is 2.80. The minimum Gasteiger partial charge on any atom is -0.361 e. The SMILES string of the molecule is Cc1noc(C)c1C(=O)Nc1ccccc1Cc1nc(C2CC2)no1. The van der Waals surface area contributed by atoms with Crippen molar-refractivity contribution in [2.24, 2.45) is 0 Å². The Balaban J connectivity index is 1.55. The van der Waals surface area contributed by atoms with E-state index in [9.17, 15) is 4.79 Å². The van der Waals surface area contributed by atoms with Crippen molar-refractivity contribution in [1.82, 2.24) is 15.3 Å². The largest absolute Gasteiger partial charge is 0.361 e. The van der Waals surface area contributed by atoms with Crippen LogP contribution in [-0.2, 0) is 6.42 Å². The number of benzene rings is 1. The number of rotatable bonds is 5. The molecule has 0 atom stereocenters. The van der Waals surface area contributed by atoms with Crippen molar-refractivity contribution >= 4 is 11.6 Å². The summed E-state index contributed by atoms with van der Waals surface area (Å²) in [6, 6.07) is 7.57. The minimum absolute atomic E-state index is 0.243. The van der Waals surface area contributed by atoms with Gasteiger partial charge in [0.05, 0.1) is 12.1 Å². The maximum absolute atomic E-state index is 12.6. The lowest BCUT2D eigenvalue weighted by atomic mass is 10.1. The Morgan fingerprint density at radius 1 is 1.20 bits per heavy atom. The van der Waals surface area contributed by atoms with Crippen LogP contribution in [0.1, 0.15) is 57.9 Å². The summed E-state index contributed by atoms with van der Waals surface area (Å²) < 4.78 is 10.4. The molecule has 3 aromatic rings. The second kappa shape index (κ2) is 6.16. The number of hydrogen-bond donors (Lipinski definition) is 1. The van der Waals surface area contributed by atoms with Crippen LogP contribution in [0.5, 0.6) is 0 Å². The fourth-order valence-corrected chi connectivity index (χ4v) is 2.80. The molecule has 0 saturated heterocycles. The zero-order valence-electron chi connectivity index (χ0n) is 14.1. The molecule has 0 bridgehead atoms. The maximum Gasteiger partial charge on any atom is 0.261 e. The van der Waals surface area contributed by atoms with Crippen molar-refractivity contribution in [2.75, 3.05) is 5.32 Å². The van der Waals surface area contributed by atoms with Crippen LogP contribution in [0.25, 0.3) is 0 Å². The van der Waals surface area contributed by atoms with Gasteiger partial charge >= 0.3 is 0 Å². The average Bonchev–Trinajstić information content (AvgIpc) is 3.25. The predicted molar refractivity (Wildman–Crippen MR) is 89.5 cm³/mol. The number of nitrogens with one attached hydrogen (secondary N) is 1. The van der Waals surface area contributed by atoms with Gasteiger partial charge in [0.25, 0.3) is 5.91 Å². The van der Waals surface area contributed by atoms with E-state index in [1.54, 1.807) is 13.8 Å². The van der Waals surface area contributed by atoms with Crippen LogP contribution in [0.15, 0.2) is 33.3 Å². The molecule has 0 unspecified atom stereocenters. The molecular weight excluding hydrogens is 320 g/mol. The van der Waals surface area contributed by atoms with E-state index in [0.717, 1.165) is 24.2 Å². The van der Waals surface area contributed by atoms with Gasteiger partial charge in [-0.3, -0.25) is 4.79 Å². The molecule has 25 heavy (non-hydrogen) atoms. The molecule has 0 aliphatic heterocycles. The molecule has 7 heteroatoms. The zero-order chi connectivity index (χ0) is 17.4.